The Morgan fingerprint density at radius 3 is 2.54 bits per heavy atom. The first-order valence-electron chi connectivity index (χ1n) is 8.00. The van der Waals surface area contributed by atoms with Crippen molar-refractivity contribution < 1.29 is 13.9 Å². The highest BCUT2D eigenvalue weighted by Gasteiger charge is 2.08. The van der Waals surface area contributed by atoms with Crippen LogP contribution >= 0.6 is 15.9 Å². The Morgan fingerprint density at radius 1 is 1.04 bits per heavy atom. The average Bonchev–Trinajstić information content (AvgIpc) is 2.68. The zero-order chi connectivity index (χ0) is 18.4. The van der Waals surface area contributed by atoms with Crippen molar-refractivity contribution in [3.63, 3.8) is 0 Å². The van der Waals surface area contributed by atoms with Gasteiger partial charge in [0.2, 0.25) is 0 Å². The molecule has 0 N–H and O–H groups in total. The number of nitrogens with zero attached hydrogens (tertiary/aromatic N) is 1. The molecule has 3 aromatic rings. The molecule has 0 amide bonds. The second-order valence-corrected chi connectivity index (χ2v) is 6.35. The lowest BCUT2D eigenvalue weighted by Gasteiger charge is -2.09. The van der Waals surface area contributed by atoms with Crippen molar-refractivity contribution in [3.8, 4) is 11.5 Å². The van der Waals surface area contributed by atoms with Crippen molar-refractivity contribution in [2.24, 2.45) is 4.99 Å². The van der Waals surface area contributed by atoms with Crippen molar-refractivity contribution >= 4 is 27.8 Å². The minimum absolute atomic E-state index is 0.350. The fourth-order valence-corrected chi connectivity index (χ4v) is 2.72. The second-order valence-electron chi connectivity index (χ2n) is 5.50. The maximum atomic E-state index is 13.8. The molecule has 0 bridgehead atoms. The number of para-hydroxylation sites is 2. The van der Waals surface area contributed by atoms with E-state index in [0.717, 1.165) is 17.0 Å². The van der Waals surface area contributed by atoms with Crippen LogP contribution in [0.1, 0.15) is 11.1 Å². The minimum atomic E-state index is -0.368. The predicted molar refractivity (Wildman–Crippen MR) is 105 cm³/mol. The molecule has 0 unspecified atom stereocenters. The van der Waals surface area contributed by atoms with Crippen molar-refractivity contribution in [2.45, 2.75) is 6.61 Å². The first kappa shape index (κ1) is 18.1. The van der Waals surface area contributed by atoms with Crippen molar-refractivity contribution in [1.82, 2.24) is 0 Å². The van der Waals surface area contributed by atoms with Gasteiger partial charge in [-0.25, -0.2) is 4.39 Å². The van der Waals surface area contributed by atoms with E-state index in [0.29, 0.717) is 22.4 Å². The molecule has 5 heteroatoms. The monoisotopic (exact) mass is 413 g/mol. The highest BCUT2D eigenvalue weighted by molar-refractivity contribution is 9.10. The van der Waals surface area contributed by atoms with E-state index in [1.165, 1.54) is 6.07 Å². The van der Waals surface area contributed by atoms with E-state index < -0.39 is 0 Å². The van der Waals surface area contributed by atoms with Crippen LogP contribution in [-0.4, -0.2) is 13.3 Å². The molecule has 26 heavy (non-hydrogen) atoms. The number of rotatable bonds is 6. The summed E-state index contributed by atoms with van der Waals surface area (Å²) in [6.45, 7) is 0.392. The Hall–Kier alpha value is -2.66. The molecule has 0 aliphatic rings. The van der Waals surface area contributed by atoms with E-state index in [-0.39, 0.29) is 5.82 Å². The normalized spacial score (nSPS) is 10.9. The summed E-state index contributed by atoms with van der Waals surface area (Å²) in [7, 11) is 1.54. The number of benzene rings is 3. The molecular weight excluding hydrogens is 397 g/mol. The van der Waals surface area contributed by atoms with Gasteiger partial charge in [-0.15, -0.1) is 0 Å². The summed E-state index contributed by atoms with van der Waals surface area (Å²) in [5.74, 6) is 0.968. The number of hydrogen-bond donors (Lipinski definition) is 0. The van der Waals surface area contributed by atoms with Gasteiger partial charge in [0.25, 0.3) is 0 Å². The summed E-state index contributed by atoms with van der Waals surface area (Å²) in [4.78, 5) is 4.50. The van der Waals surface area contributed by atoms with E-state index in [4.69, 9.17) is 9.47 Å². The van der Waals surface area contributed by atoms with E-state index in [1.807, 2.05) is 54.6 Å². The van der Waals surface area contributed by atoms with Gasteiger partial charge in [0, 0.05) is 17.3 Å². The zero-order valence-corrected chi connectivity index (χ0v) is 15.7. The first-order valence-corrected chi connectivity index (χ1v) is 8.79. The fourth-order valence-electron chi connectivity index (χ4n) is 2.40. The highest BCUT2D eigenvalue weighted by atomic mass is 79.9. The quantitative estimate of drug-likeness (QED) is 0.469. The van der Waals surface area contributed by atoms with Crippen molar-refractivity contribution in [3.05, 3.63) is 88.1 Å². The van der Waals surface area contributed by atoms with Gasteiger partial charge in [-0.3, -0.25) is 4.99 Å². The molecule has 0 aromatic heterocycles. The Bertz CT molecular complexity index is 913. The summed E-state index contributed by atoms with van der Waals surface area (Å²) in [6.07, 6.45) is 1.59. The molecule has 0 atom stereocenters. The van der Waals surface area contributed by atoms with Gasteiger partial charge in [0.15, 0.2) is 0 Å². The third kappa shape index (κ3) is 4.49. The third-order valence-electron chi connectivity index (χ3n) is 3.74. The summed E-state index contributed by atoms with van der Waals surface area (Å²) in [5.41, 5.74) is 2.25. The molecule has 0 aliphatic carbocycles. The van der Waals surface area contributed by atoms with Crippen LogP contribution in [-0.2, 0) is 6.61 Å². The first-order chi connectivity index (χ1) is 12.7. The van der Waals surface area contributed by atoms with Crippen LogP contribution in [0.2, 0.25) is 0 Å². The standard InChI is InChI=1S/C21H17BrFNO2/c1-25-21-12-18(22)19(23)11-16(21)13-24-20-10-6-5-7-15(20)14-26-17-8-3-2-4-9-17/h2-13H,14H2,1H3. The minimum Gasteiger partial charge on any atom is -0.496 e. The molecule has 0 spiro atoms. The van der Waals surface area contributed by atoms with Crippen LogP contribution in [0.25, 0.3) is 0 Å². The Balaban J connectivity index is 1.82. The van der Waals surface area contributed by atoms with Crippen molar-refractivity contribution in [1.29, 1.82) is 0 Å². The SMILES string of the molecule is COc1cc(Br)c(F)cc1C=Nc1ccccc1COc1ccccc1. The summed E-state index contributed by atoms with van der Waals surface area (Å²) in [5, 5.41) is 0. The zero-order valence-electron chi connectivity index (χ0n) is 14.2. The number of hydrogen-bond acceptors (Lipinski definition) is 3. The summed E-state index contributed by atoms with van der Waals surface area (Å²) in [6, 6.07) is 20.2. The van der Waals surface area contributed by atoms with Crippen LogP contribution < -0.4 is 9.47 Å². The van der Waals surface area contributed by atoms with Crippen LogP contribution in [0, 0.1) is 5.82 Å². The van der Waals surface area contributed by atoms with E-state index in [2.05, 4.69) is 20.9 Å². The maximum Gasteiger partial charge on any atom is 0.138 e. The molecule has 0 radical (unpaired) electrons. The summed E-state index contributed by atoms with van der Waals surface area (Å²) >= 11 is 3.16. The number of methoxy groups -OCH3 is 1. The molecule has 0 aliphatic heterocycles. The largest absolute Gasteiger partial charge is 0.496 e. The van der Waals surface area contributed by atoms with Gasteiger partial charge < -0.3 is 9.47 Å². The van der Waals surface area contributed by atoms with E-state index >= 15 is 0 Å². The molecule has 3 aromatic carbocycles. The van der Waals surface area contributed by atoms with Crippen LogP contribution in [0.4, 0.5) is 10.1 Å². The molecule has 0 saturated carbocycles. The Labute approximate surface area is 160 Å². The summed E-state index contributed by atoms with van der Waals surface area (Å²) < 4.78 is 25.3. The number of halogens is 2. The van der Waals surface area contributed by atoms with E-state index in [9.17, 15) is 4.39 Å². The second kappa shape index (κ2) is 8.63. The Morgan fingerprint density at radius 2 is 1.77 bits per heavy atom. The lowest BCUT2D eigenvalue weighted by molar-refractivity contribution is 0.306. The van der Waals surface area contributed by atoms with Gasteiger partial charge >= 0.3 is 0 Å². The molecule has 0 heterocycles. The van der Waals surface area contributed by atoms with Gasteiger partial charge in [-0.05, 0) is 46.3 Å². The Kier molecular flexibility index (Phi) is 6.02. The van der Waals surface area contributed by atoms with Crippen LogP contribution in [0.15, 0.2) is 76.2 Å². The third-order valence-corrected chi connectivity index (χ3v) is 4.35. The highest BCUT2D eigenvalue weighted by Crippen LogP contribution is 2.27. The lowest BCUT2D eigenvalue weighted by Crippen LogP contribution is -1.96. The van der Waals surface area contributed by atoms with E-state index in [1.54, 1.807) is 19.4 Å². The van der Waals surface area contributed by atoms with Crippen LogP contribution in [0.5, 0.6) is 11.5 Å². The molecule has 132 valence electrons. The van der Waals surface area contributed by atoms with Gasteiger partial charge in [-0.2, -0.15) is 0 Å². The molecule has 0 fully saturated rings. The van der Waals surface area contributed by atoms with Crippen LogP contribution in [0.3, 0.4) is 0 Å². The number of aliphatic imine (C=N–C) groups is 1. The fraction of sp³-hybridized carbons (Fsp3) is 0.0952. The van der Waals surface area contributed by atoms with Gasteiger partial charge in [-0.1, -0.05) is 36.4 Å². The molecule has 0 saturated heterocycles. The lowest BCUT2D eigenvalue weighted by atomic mass is 10.2. The smallest absolute Gasteiger partial charge is 0.138 e. The molecule has 3 rings (SSSR count). The van der Waals surface area contributed by atoms with Gasteiger partial charge in [0.05, 0.1) is 17.3 Å². The molecular formula is C21H17BrFNO2. The molecule has 3 nitrogen and oxygen atoms in total. The predicted octanol–water partition coefficient (Wildman–Crippen LogP) is 5.93. The number of ether oxygens (including phenoxy) is 2. The topological polar surface area (TPSA) is 30.8 Å². The maximum absolute atomic E-state index is 13.8. The van der Waals surface area contributed by atoms with Crippen molar-refractivity contribution in [2.75, 3.05) is 7.11 Å². The average molecular weight is 414 g/mol. The van der Waals surface area contributed by atoms with Gasteiger partial charge in [0.1, 0.15) is 23.9 Å².